The van der Waals surface area contributed by atoms with Crippen LogP contribution in [0.25, 0.3) is 0 Å². The van der Waals surface area contributed by atoms with Crippen molar-refractivity contribution < 1.29 is 13.2 Å². The van der Waals surface area contributed by atoms with Crippen molar-refractivity contribution in [3.8, 4) is 0 Å². The topological polar surface area (TPSA) is 26.0 Å². The Morgan fingerprint density at radius 3 is 2.50 bits per heavy atom. The van der Waals surface area contributed by atoms with E-state index in [9.17, 15) is 13.2 Å². The number of benzene rings is 1. The monoisotopic (exact) mass is 229 g/mol. The Labute approximate surface area is 92.5 Å². The Bertz CT molecular complexity index is 399. The number of rotatable bonds is 2. The van der Waals surface area contributed by atoms with Gasteiger partial charge in [0.1, 0.15) is 0 Å². The van der Waals surface area contributed by atoms with Crippen molar-refractivity contribution in [1.82, 2.24) is 0 Å². The first-order valence-corrected chi connectivity index (χ1v) is 5.26. The predicted molar refractivity (Wildman–Crippen MR) is 56.0 cm³/mol. The fourth-order valence-electron chi connectivity index (χ4n) is 2.35. The third-order valence-corrected chi connectivity index (χ3v) is 3.54. The van der Waals surface area contributed by atoms with E-state index in [0.29, 0.717) is 12.1 Å². The van der Waals surface area contributed by atoms with E-state index >= 15 is 0 Å². The maximum atomic E-state index is 12.8. The van der Waals surface area contributed by atoms with Crippen molar-refractivity contribution in [2.45, 2.75) is 24.9 Å². The van der Waals surface area contributed by atoms with Gasteiger partial charge < -0.3 is 5.73 Å². The highest BCUT2D eigenvalue weighted by Gasteiger charge is 2.53. The average molecular weight is 229 g/mol. The molecule has 0 bridgehead atoms. The molecule has 0 radical (unpaired) electrons. The summed E-state index contributed by atoms with van der Waals surface area (Å²) < 4.78 is 38.4. The fourth-order valence-corrected chi connectivity index (χ4v) is 2.35. The van der Waals surface area contributed by atoms with E-state index in [1.165, 1.54) is 6.07 Å². The van der Waals surface area contributed by atoms with Gasteiger partial charge in [0.15, 0.2) is 0 Å². The van der Waals surface area contributed by atoms with Crippen LogP contribution in [0.2, 0.25) is 0 Å². The lowest BCUT2D eigenvalue weighted by molar-refractivity contribution is -0.138. The van der Waals surface area contributed by atoms with Crippen LogP contribution in [0.1, 0.15) is 24.5 Å². The molecule has 4 heteroatoms. The molecule has 1 aromatic carbocycles. The van der Waals surface area contributed by atoms with Crippen molar-refractivity contribution in [3.63, 3.8) is 0 Å². The molecule has 16 heavy (non-hydrogen) atoms. The molecule has 0 aromatic heterocycles. The standard InChI is InChI=1S/C12H14F3N/c1-11(6-8(11)7-16)9-4-2-3-5-10(9)12(13,14)15/h2-5,8H,6-7,16H2,1H3/t8-,11?/m0/s1. The number of hydrogen-bond donors (Lipinski definition) is 1. The van der Waals surface area contributed by atoms with E-state index in [-0.39, 0.29) is 11.3 Å². The number of alkyl halides is 3. The van der Waals surface area contributed by atoms with Crippen LogP contribution in [0.5, 0.6) is 0 Å². The minimum Gasteiger partial charge on any atom is -0.330 e. The van der Waals surface area contributed by atoms with Gasteiger partial charge in [-0.05, 0) is 35.9 Å². The van der Waals surface area contributed by atoms with Gasteiger partial charge in [0.25, 0.3) is 0 Å². The van der Waals surface area contributed by atoms with Gasteiger partial charge in [-0.15, -0.1) is 0 Å². The second kappa shape index (κ2) is 3.48. The number of hydrogen-bond acceptors (Lipinski definition) is 1. The summed E-state index contributed by atoms with van der Waals surface area (Å²) in [5.74, 6) is 0.177. The van der Waals surface area contributed by atoms with Crippen molar-refractivity contribution in [2.75, 3.05) is 6.54 Å². The highest BCUT2D eigenvalue weighted by Crippen LogP contribution is 2.55. The first-order valence-electron chi connectivity index (χ1n) is 5.26. The Morgan fingerprint density at radius 1 is 1.38 bits per heavy atom. The summed E-state index contributed by atoms with van der Waals surface area (Å²) in [4.78, 5) is 0. The van der Waals surface area contributed by atoms with E-state index in [4.69, 9.17) is 5.73 Å². The summed E-state index contributed by atoms with van der Waals surface area (Å²) in [6, 6.07) is 5.79. The summed E-state index contributed by atoms with van der Waals surface area (Å²) in [6.45, 7) is 2.30. The largest absolute Gasteiger partial charge is 0.416 e. The zero-order chi connectivity index (χ0) is 12.0. The van der Waals surface area contributed by atoms with Crippen LogP contribution < -0.4 is 5.73 Å². The summed E-state index contributed by atoms with van der Waals surface area (Å²) in [6.07, 6.45) is -3.53. The van der Waals surface area contributed by atoms with Gasteiger partial charge in [-0.3, -0.25) is 0 Å². The molecule has 1 unspecified atom stereocenters. The summed E-state index contributed by atoms with van der Waals surface area (Å²) in [5.41, 5.74) is 5.00. The molecule has 0 aliphatic heterocycles. The molecule has 0 heterocycles. The van der Waals surface area contributed by atoms with E-state index in [2.05, 4.69) is 0 Å². The quantitative estimate of drug-likeness (QED) is 0.829. The molecule has 1 saturated carbocycles. The van der Waals surface area contributed by atoms with Crippen LogP contribution in [0.3, 0.4) is 0 Å². The maximum Gasteiger partial charge on any atom is 0.416 e. The Hall–Kier alpha value is -1.03. The second-order valence-electron chi connectivity index (χ2n) is 4.60. The van der Waals surface area contributed by atoms with E-state index in [1.807, 2.05) is 6.92 Å². The van der Waals surface area contributed by atoms with Gasteiger partial charge in [-0.1, -0.05) is 25.1 Å². The minimum absolute atomic E-state index is 0.177. The molecule has 0 spiro atoms. The van der Waals surface area contributed by atoms with Gasteiger partial charge in [0, 0.05) is 0 Å². The molecule has 1 aliphatic rings. The molecular weight excluding hydrogens is 215 g/mol. The lowest BCUT2D eigenvalue weighted by Crippen LogP contribution is -2.17. The van der Waals surface area contributed by atoms with Gasteiger partial charge >= 0.3 is 6.18 Å². The van der Waals surface area contributed by atoms with E-state index in [0.717, 1.165) is 12.5 Å². The van der Waals surface area contributed by atoms with Crippen LogP contribution in [0, 0.1) is 5.92 Å². The number of nitrogens with two attached hydrogens (primary N) is 1. The summed E-state index contributed by atoms with van der Waals surface area (Å²) in [5, 5.41) is 0. The lowest BCUT2D eigenvalue weighted by Gasteiger charge is -2.18. The van der Waals surface area contributed by atoms with Crippen molar-refractivity contribution in [1.29, 1.82) is 0 Å². The Balaban J connectivity index is 2.43. The first kappa shape index (κ1) is 11.5. The molecule has 1 aromatic rings. The number of halogens is 3. The molecule has 2 atom stereocenters. The second-order valence-corrected chi connectivity index (χ2v) is 4.60. The van der Waals surface area contributed by atoms with Crippen LogP contribution in [-0.2, 0) is 11.6 Å². The van der Waals surface area contributed by atoms with Gasteiger partial charge in [-0.25, -0.2) is 0 Å². The lowest BCUT2D eigenvalue weighted by atomic mass is 9.90. The average Bonchev–Trinajstić information content (AvgIpc) is 2.90. The maximum absolute atomic E-state index is 12.8. The van der Waals surface area contributed by atoms with Crippen LogP contribution >= 0.6 is 0 Å². The summed E-state index contributed by atoms with van der Waals surface area (Å²) >= 11 is 0. The molecule has 0 saturated heterocycles. The van der Waals surface area contributed by atoms with Gasteiger partial charge in [0.2, 0.25) is 0 Å². The molecule has 1 aliphatic carbocycles. The molecule has 0 amide bonds. The summed E-state index contributed by atoms with van der Waals surface area (Å²) in [7, 11) is 0. The zero-order valence-electron chi connectivity index (χ0n) is 9.01. The smallest absolute Gasteiger partial charge is 0.330 e. The van der Waals surface area contributed by atoms with Crippen molar-refractivity contribution in [2.24, 2.45) is 11.7 Å². The predicted octanol–water partition coefficient (Wildman–Crippen LogP) is 2.94. The molecule has 2 rings (SSSR count). The van der Waals surface area contributed by atoms with Crippen LogP contribution in [0.15, 0.2) is 24.3 Å². The molecule has 1 fully saturated rings. The molecular formula is C12H14F3N. The normalized spacial score (nSPS) is 29.2. The van der Waals surface area contributed by atoms with Crippen LogP contribution in [-0.4, -0.2) is 6.54 Å². The zero-order valence-corrected chi connectivity index (χ0v) is 9.01. The van der Waals surface area contributed by atoms with E-state index < -0.39 is 11.7 Å². The highest BCUT2D eigenvalue weighted by atomic mass is 19.4. The van der Waals surface area contributed by atoms with Gasteiger partial charge in [0.05, 0.1) is 5.56 Å². The third-order valence-electron chi connectivity index (χ3n) is 3.54. The van der Waals surface area contributed by atoms with E-state index in [1.54, 1.807) is 12.1 Å². The molecule has 88 valence electrons. The Morgan fingerprint density at radius 2 is 2.00 bits per heavy atom. The Kier molecular flexibility index (Phi) is 2.49. The highest BCUT2D eigenvalue weighted by molar-refractivity contribution is 5.41. The first-order chi connectivity index (χ1) is 7.39. The van der Waals surface area contributed by atoms with Crippen molar-refractivity contribution in [3.05, 3.63) is 35.4 Å². The van der Waals surface area contributed by atoms with Crippen LogP contribution in [0.4, 0.5) is 13.2 Å². The molecule has 2 N–H and O–H groups in total. The SMILES string of the molecule is CC1(c2ccccc2C(F)(F)F)C[C@H]1CN. The van der Waals surface area contributed by atoms with Gasteiger partial charge in [-0.2, -0.15) is 13.2 Å². The fraction of sp³-hybridized carbons (Fsp3) is 0.500. The minimum atomic E-state index is -4.28. The third kappa shape index (κ3) is 1.71. The molecule has 1 nitrogen and oxygen atoms in total. The van der Waals surface area contributed by atoms with Crippen molar-refractivity contribution >= 4 is 0 Å².